The normalized spacial score (nSPS) is 20.3. The van der Waals surface area contributed by atoms with Gasteiger partial charge in [0.25, 0.3) is 5.56 Å². The Morgan fingerprint density at radius 2 is 2.39 bits per heavy atom. The molecule has 1 atom stereocenters. The van der Waals surface area contributed by atoms with Crippen LogP contribution in [0, 0.1) is 0 Å². The van der Waals surface area contributed by atoms with Crippen molar-refractivity contribution in [2.24, 2.45) is 0 Å². The Bertz CT molecular complexity index is 474. The van der Waals surface area contributed by atoms with Crippen molar-refractivity contribution in [3.63, 3.8) is 0 Å². The molecule has 1 fully saturated rings. The van der Waals surface area contributed by atoms with E-state index >= 15 is 0 Å². The zero-order valence-electron chi connectivity index (χ0n) is 10.8. The van der Waals surface area contributed by atoms with Crippen molar-refractivity contribution in [1.82, 2.24) is 14.7 Å². The van der Waals surface area contributed by atoms with Crippen molar-refractivity contribution in [1.29, 1.82) is 0 Å². The van der Waals surface area contributed by atoms with Gasteiger partial charge in [0.05, 0.1) is 11.9 Å². The van der Waals surface area contributed by atoms with E-state index in [0.717, 1.165) is 25.9 Å². The molecular formula is C12H19ClN4O. The summed E-state index contributed by atoms with van der Waals surface area (Å²) in [5, 5.41) is 7.68. The highest BCUT2D eigenvalue weighted by molar-refractivity contribution is 6.32. The average molecular weight is 271 g/mol. The summed E-state index contributed by atoms with van der Waals surface area (Å²) in [6.45, 7) is 4.64. The largest absolute Gasteiger partial charge is 0.378 e. The molecule has 0 aromatic carbocycles. The molecule has 0 aliphatic carbocycles. The smallest absolute Gasteiger partial charge is 0.287 e. The Kier molecular flexibility index (Phi) is 4.24. The summed E-state index contributed by atoms with van der Waals surface area (Å²) in [7, 11) is 2.08. The standard InChI is InChI=1S/C12H19ClN4O/c1-3-5-17-12(18)11(13)10(7-14-17)15-9-4-6-16(2)8-9/h7,9,15H,3-6,8H2,1-2H3. The van der Waals surface area contributed by atoms with Gasteiger partial charge in [-0.3, -0.25) is 4.79 Å². The Morgan fingerprint density at radius 3 is 3.00 bits per heavy atom. The molecule has 2 heterocycles. The SMILES string of the molecule is CCCn1ncc(NC2CCN(C)C2)c(Cl)c1=O. The third-order valence-electron chi connectivity index (χ3n) is 3.17. The number of halogens is 1. The van der Waals surface area contributed by atoms with Gasteiger partial charge < -0.3 is 10.2 Å². The van der Waals surface area contributed by atoms with Gasteiger partial charge >= 0.3 is 0 Å². The monoisotopic (exact) mass is 270 g/mol. The lowest BCUT2D eigenvalue weighted by molar-refractivity contribution is 0.414. The number of likely N-dealkylation sites (N-methyl/N-ethyl adjacent to an activating group) is 1. The fourth-order valence-electron chi connectivity index (χ4n) is 2.21. The first-order valence-corrected chi connectivity index (χ1v) is 6.70. The van der Waals surface area contributed by atoms with Crippen molar-refractivity contribution in [3.05, 3.63) is 21.6 Å². The Labute approximate surface area is 112 Å². The van der Waals surface area contributed by atoms with Crippen LogP contribution >= 0.6 is 11.6 Å². The van der Waals surface area contributed by atoms with Crippen molar-refractivity contribution in [2.45, 2.75) is 32.4 Å². The molecule has 0 radical (unpaired) electrons. The van der Waals surface area contributed by atoms with Crippen molar-refractivity contribution < 1.29 is 0 Å². The minimum absolute atomic E-state index is 0.213. The van der Waals surface area contributed by atoms with Crippen LogP contribution in [0.5, 0.6) is 0 Å². The third-order valence-corrected chi connectivity index (χ3v) is 3.54. The molecule has 1 aliphatic rings. The molecule has 5 nitrogen and oxygen atoms in total. The first-order chi connectivity index (χ1) is 8.61. The molecule has 18 heavy (non-hydrogen) atoms. The van der Waals surface area contributed by atoms with E-state index in [0.29, 0.717) is 18.3 Å². The van der Waals surface area contributed by atoms with Crippen molar-refractivity contribution in [3.8, 4) is 0 Å². The minimum atomic E-state index is -0.213. The fourth-order valence-corrected chi connectivity index (χ4v) is 2.41. The molecule has 1 N–H and O–H groups in total. The number of aryl methyl sites for hydroxylation is 1. The number of nitrogens with one attached hydrogen (secondary N) is 1. The van der Waals surface area contributed by atoms with Crippen LogP contribution in [0.1, 0.15) is 19.8 Å². The van der Waals surface area contributed by atoms with Crippen LogP contribution in [0.4, 0.5) is 5.69 Å². The highest BCUT2D eigenvalue weighted by Crippen LogP contribution is 2.19. The highest BCUT2D eigenvalue weighted by atomic mass is 35.5. The number of hydrogen-bond donors (Lipinski definition) is 1. The Morgan fingerprint density at radius 1 is 1.61 bits per heavy atom. The van der Waals surface area contributed by atoms with Gasteiger partial charge in [-0.15, -0.1) is 0 Å². The highest BCUT2D eigenvalue weighted by Gasteiger charge is 2.20. The van der Waals surface area contributed by atoms with E-state index in [1.165, 1.54) is 4.68 Å². The zero-order chi connectivity index (χ0) is 13.1. The lowest BCUT2D eigenvalue weighted by atomic mass is 10.2. The molecular weight excluding hydrogens is 252 g/mol. The molecule has 1 aromatic rings. The lowest BCUT2D eigenvalue weighted by Gasteiger charge is -2.15. The van der Waals surface area contributed by atoms with Crippen LogP contribution in [0.15, 0.2) is 11.0 Å². The molecule has 1 unspecified atom stereocenters. The second-order valence-electron chi connectivity index (χ2n) is 4.79. The van der Waals surface area contributed by atoms with E-state index in [9.17, 15) is 4.79 Å². The van der Waals surface area contributed by atoms with Gasteiger partial charge in [0.15, 0.2) is 0 Å². The van der Waals surface area contributed by atoms with E-state index in [-0.39, 0.29) is 10.6 Å². The molecule has 0 amide bonds. The van der Waals surface area contributed by atoms with Crippen LogP contribution in [-0.2, 0) is 6.54 Å². The van der Waals surface area contributed by atoms with E-state index in [4.69, 9.17) is 11.6 Å². The molecule has 100 valence electrons. The maximum Gasteiger partial charge on any atom is 0.287 e. The maximum atomic E-state index is 11.9. The quantitative estimate of drug-likeness (QED) is 0.899. The third kappa shape index (κ3) is 2.84. The summed E-state index contributed by atoms with van der Waals surface area (Å²) in [5.41, 5.74) is 0.434. The van der Waals surface area contributed by atoms with Crippen molar-refractivity contribution >= 4 is 17.3 Å². The van der Waals surface area contributed by atoms with E-state index in [1.807, 2.05) is 6.92 Å². The summed E-state index contributed by atoms with van der Waals surface area (Å²) in [4.78, 5) is 14.2. The van der Waals surface area contributed by atoms with E-state index < -0.39 is 0 Å². The topological polar surface area (TPSA) is 50.2 Å². The number of hydrogen-bond acceptors (Lipinski definition) is 4. The first-order valence-electron chi connectivity index (χ1n) is 6.32. The van der Waals surface area contributed by atoms with Gasteiger partial charge in [0, 0.05) is 19.1 Å². The lowest BCUT2D eigenvalue weighted by Crippen LogP contribution is -2.28. The van der Waals surface area contributed by atoms with Gasteiger partial charge in [0.2, 0.25) is 0 Å². The van der Waals surface area contributed by atoms with Gasteiger partial charge in [-0.1, -0.05) is 18.5 Å². The zero-order valence-corrected chi connectivity index (χ0v) is 11.6. The minimum Gasteiger partial charge on any atom is -0.378 e. The number of nitrogens with zero attached hydrogens (tertiary/aromatic N) is 3. The summed E-state index contributed by atoms with van der Waals surface area (Å²) >= 11 is 6.10. The van der Waals surface area contributed by atoms with Gasteiger partial charge in [-0.2, -0.15) is 5.10 Å². The van der Waals surface area contributed by atoms with Gasteiger partial charge in [-0.25, -0.2) is 4.68 Å². The van der Waals surface area contributed by atoms with Crippen LogP contribution in [0.2, 0.25) is 5.02 Å². The Balaban J connectivity index is 2.14. The summed E-state index contributed by atoms with van der Waals surface area (Å²) in [6, 6.07) is 0.343. The summed E-state index contributed by atoms with van der Waals surface area (Å²) in [5.74, 6) is 0. The molecule has 1 saturated heterocycles. The molecule has 6 heteroatoms. The van der Waals surface area contributed by atoms with Crippen LogP contribution in [0.3, 0.4) is 0 Å². The molecule has 0 spiro atoms. The molecule has 1 aliphatic heterocycles. The van der Waals surface area contributed by atoms with Crippen LogP contribution < -0.4 is 10.9 Å². The molecule has 0 bridgehead atoms. The number of likely N-dealkylation sites (tertiary alicyclic amines) is 1. The second kappa shape index (κ2) is 5.71. The van der Waals surface area contributed by atoms with Crippen LogP contribution in [0.25, 0.3) is 0 Å². The maximum absolute atomic E-state index is 11.9. The molecule has 1 aromatic heterocycles. The first kappa shape index (κ1) is 13.4. The number of rotatable bonds is 4. The van der Waals surface area contributed by atoms with E-state index in [2.05, 4.69) is 22.4 Å². The fraction of sp³-hybridized carbons (Fsp3) is 0.667. The summed E-state index contributed by atoms with van der Waals surface area (Å²) < 4.78 is 1.41. The summed E-state index contributed by atoms with van der Waals surface area (Å²) in [6.07, 6.45) is 3.58. The molecule has 2 rings (SSSR count). The predicted molar refractivity (Wildman–Crippen MR) is 73.3 cm³/mol. The van der Waals surface area contributed by atoms with Gasteiger partial charge in [0.1, 0.15) is 5.02 Å². The number of anilines is 1. The average Bonchev–Trinajstić information content (AvgIpc) is 2.75. The predicted octanol–water partition coefficient (Wildman–Crippen LogP) is 1.42. The molecule has 0 saturated carbocycles. The van der Waals surface area contributed by atoms with Crippen molar-refractivity contribution in [2.75, 3.05) is 25.5 Å². The second-order valence-corrected chi connectivity index (χ2v) is 5.17. The number of aromatic nitrogens is 2. The van der Waals surface area contributed by atoms with E-state index in [1.54, 1.807) is 6.20 Å². The van der Waals surface area contributed by atoms with Crippen LogP contribution in [-0.4, -0.2) is 40.9 Å². The Hall–Kier alpha value is -1.07. The van der Waals surface area contributed by atoms with Gasteiger partial charge in [-0.05, 0) is 26.4 Å².